The second-order valence-corrected chi connectivity index (χ2v) is 7.35. The molecule has 3 N–H and O–H groups in total. The number of nitrogens with zero attached hydrogens (tertiary/aromatic N) is 1. The summed E-state index contributed by atoms with van der Waals surface area (Å²) >= 11 is 5.80. The third-order valence-electron chi connectivity index (χ3n) is 3.72. The third kappa shape index (κ3) is 3.85. The predicted octanol–water partition coefficient (Wildman–Crippen LogP) is 1.68. The van der Waals surface area contributed by atoms with E-state index in [-0.39, 0.29) is 21.5 Å². The number of rotatable bonds is 5. The Bertz CT molecular complexity index is 624. The minimum absolute atomic E-state index is 0.171. The van der Waals surface area contributed by atoms with Crippen molar-refractivity contribution in [2.45, 2.75) is 18.2 Å². The van der Waals surface area contributed by atoms with Crippen LogP contribution in [0.1, 0.15) is 13.3 Å². The van der Waals surface area contributed by atoms with Crippen LogP contribution in [0.3, 0.4) is 0 Å². The number of sulfonamides is 1. The van der Waals surface area contributed by atoms with E-state index in [0.717, 1.165) is 38.2 Å². The van der Waals surface area contributed by atoms with Crippen molar-refractivity contribution < 1.29 is 12.8 Å². The molecule has 1 unspecified atom stereocenters. The van der Waals surface area contributed by atoms with E-state index in [9.17, 15) is 12.8 Å². The van der Waals surface area contributed by atoms with Crippen LogP contribution in [0.5, 0.6) is 0 Å². The second-order valence-electron chi connectivity index (χ2n) is 5.20. The summed E-state index contributed by atoms with van der Waals surface area (Å²) in [5.74, 6) is -0.454. The number of halogens is 2. The lowest BCUT2D eigenvalue weighted by atomic mass is 10.1. The summed E-state index contributed by atoms with van der Waals surface area (Å²) in [5, 5.41) is -0.171. The Hall–Kier alpha value is -0.890. The molecular weight excluding hydrogens is 317 g/mol. The average molecular weight is 336 g/mol. The van der Waals surface area contributed by atoms with Crippen LogP contribution in [0, 0.1) is 11.7 Å². The quantitative estimate of drug-likeness (QED) is 0.803. The molecule has 0 spiro atoms. The van der Waals surface area contributed by atoms with Crippen LogP contribution in [-0.4, -0.2) is 39.5 Å². The van der Waals surface area contributed by atoms with Crippen molar-refractivity contribution in [1.82, 2.24) is 9.62 Å². The van der Waals surface area contributed by atoms with E-state index in [1.165, 1.54) is 0 Å². The normalized spacial score (nSPS) is 20.0. The Balaban J connectivity index is 2.07. The number of nitrogens with one attached hydrogen (secondary N) is 1. The predicted molar refractivity (Wildman–Crippen MR) is 81.2 cm³/mol. The first-order valence-electron chi connectivity index (χ1n) is 6.80. The van der Waals surface area contributed by atoms with E-state index < -0.39 is 15.8 Å². The summed E-state index contributed by atoms with van der Waals surface area (Å²) < 4.78 is 40.2. The highest BCUT2D eigenvalue weighted by Gasteiger charge is 2.25. The topological polar surface area (TPSA) is 75.4 Å². The van der Waals surface area contributed by atoms with Crippen LogP contribution in [0.2, 0.25) is 5.02 Å². The van der Waals surface area contributed by atoms with Gasteiger partial charge in [0.1, 0.15) is 10.7 Å². The van der Waals surface area contributed by atoms with Gasteiger partial charge in [0.2, 0.25) is 10.0 Å². The molecule has 1 saturated heterocycles. The van der Waals surface area contributed by atoms with Gasteiger partial charge in [0, 0.05) is 13.1 Å². The van der Waals surface area contributed by atoms with Gasteiger partial charge >= 0.3 is 0 Å². The van der Waals surface area contributed by atoms with Crippen molar-refractivity contribution in [3.8, 4) is 0 Å². The lowest BCUT2D eigenvalue weighted by Gasteiger charge is -2.14. The van der Waals surface area contributed by atoms with Crippen LogP contribution in [-0.2, 0) is 10.0 Å². The maximum Gasteiger partial charge on any atom is 0.242 e. The van der Waals surface area contributed by atoms with Crippen molar-refractivity contribution in [2.75, 3.05) is 31.9 Å². The first-order chi connectivity index (χ1) is 9.83. The summed E-state index contributed by atoms with van der Waals surface area (Å²) in [6, 6.07) is 1.97. The number of likely N-dealkylation sites (tertiary alicyclic amines) is 1. The zero-order valence-electron chi connectivity index (χ0n) is 11.8. The van der Waals surface area contributed by atoms with Crippen molar-refractivity contribution in [3.63, 3.8) is 0 Å². The molecule has 1 heterocycles. The minimum atomic E-state index is -3.79. The lowest BCUT2D eigenvalue weighted by molar-refractivity contribution is 0.342. The van der Waals surface area contributed by atoms with Gasteiger partial charge < -0.3 is 10.6 Å². The number of hydrogen-bond acceptors (Lipinski definition) is 4. The smallest absolute Gasteiger partial charge is 0.242 e. The largest absolute Gasteiger partial charge is 0.396 e. The van der Waals surface area contributed by atoms with Crippen LogP contribution in [0.15, 0.2) is 17.0 Å². The Labute approximate surface area is 129 Å². The molecule has 0 saturated carbocycles. The molecule has 0 amide bonds. The Kier molecular flexibility index (Phi) is 5.08. The van der Waals surface area contributed by atoms with Gasteiger partial charge in [-0.3, -0.25) is 0 Å². The first-order valence-corrected chi connectivity index (χ1v) is 8.66. The maximum absolute atomic E-state index is 13.2. The summed E-state index contributed by atoms with van der Waals surface area (Å²) in [7, 11) is -3.79. The van der Waals surface area contributed by atoms with Gasteiger partial charge in [-0.05, 0) is 37.6 Å². The molecule has 2 rings (SSSR count). The summed E-state index contributed by atoms with van der Waals surface area (Å²) in [5.41, 5.74) is 5.17. The number of nitrogen functional groups attached to an aromatic ring is 1. The van der Waals surface area contributed by atoms with Crippen LogP contribution < -0.4 is 10.5 Å². The van der Waals surface area contributed by atoms with E-state index in [1.54, 1.807) is 0 Å². The Morgan fingerprint density at radius 1 is 1.52 bits per heavy atom. The molecule has 118 valence electrons. The molecule has 1 aromatic rings. The standard InChI is InChI=1S/C13H19ClFN3O2S/c1-2-18-4-3-9(8-18)7-17-21(19,20)13-6-12(16)11(15)5-10(13)14/h5-6,9,17H,2-4,7-8,16H2,1H3. The van der Waals surface area contributed by atoms with Gasteiger partial charge in [-0.25, -0.2) is 17.5 Å². The van der Waals surface area contributed by atoms with Gasteiger partial charge in [0.05, 0.1) is 10.7 Å². The minimum Gasteiger partial charge on any atom is -0.396 e. The fraction of sp³-hybridized carbons (Fsp3) is 0.538. The molecular formula is C13H19ClFN3O2S. The van der Waals surface area contributed by atoms with Gasteiger partial charge in [-0.1, -0.05) is 18.5 Å². The van der Waals surface area contributed by atoms with Crippen LogP contribution in [0.4, 0.5) is 10.1 Å². The Morgan fingerprint density at radius 3 is 2.86 bits per heavy atom. The SMILES string of the molecule is CCN1CCC(CNS(=O)(=O)c2cc(N)c(F)cc2Cl)C1. The maximum atomic E-state index is 13.2. The number of benzene rings is 1. The zero-order valence-corrected chi connectivity index (χ0v) is 13.3. The molecule has 1 atom stereocenters. The van der Waals surface area contributed by atoms with Crippen molar-refractivity contribution >= 4 is 27.3 Å². The number of nitrogens with two attached hydrogens (primary N) is 1. The summed E-state index contributed by atoms with van der Waals surface area (Å²) in [4.78, 5) is 2.08. The lowest BCUT2D eigenvalue weighted by Crippen LogP contribution is -2.31. The van der Waals surface area contributed by atoms with Gasteiger partial charge in [-0.15, -0.1) is 0 Å². The van der Waals surface area contributed by atoms with E-state index in [1.807, 2.05) is 0 Å². The fourth-order valence-electron chi connectivity index (χ4n) is 2.42. The fourth-order valence-corrected chi connectivity index (χ4v) is 4.09. The van der Waals surface area contributed by atoms with Gasteiger partial charge in [0.25, 0.3) is 0 Å². The van der Waals surface area contributed by atoms with E-state index in [0.29, 0.717) is 6.54 Å². The number of anilines is 1. The van der Waals surface area contributed by atoms with E-state index in [2.05, 4.69) is 16.5 Å². The molecule has 0 bridgehead atoms. The van der Waals surface area contributed by atoms with Crippen molar-refractivity contribution in [3.05, 3.63) is 23.0 Å². The monoisotopic (exact) mass is 335 g/mol. The van der Waals surface area contributed by atoms with Crippen molar-refractivity contribution in [1.29, 1.82) is 0 Å². The molecule has 1 aliphatic rings. The van der Waals surface area contributed by atoms with Crippen molar-refractivity contribution in [2.24, 2.45) is 5.92 Å². The second kappa shape index (κ2) is 6.48. The van der Waals surface area contributed by atoms with E-state index >= 15 is 0 Å². The zero-order chi connectivity index (χ0) is 15.6. The summed E-state index contributed by atoms with van der Waals surface area (Å²) in [6.45, 7) is 5.23. The molecule has 5 nitrogen and oxygen atoms in total. The van der Waals surface area contributed by atoms with E-state index in [4.69, 9.17) is 17.3 Å². The molecule has 0 radical (unpaired) electrons. The Morgan fingerprint density at radius 2 is 2.24 bits per heavy atom. The molecule has 8 heteroatoms. The number of hydrogen-bond donors (Lipinski definition) is 2. The van der Waals surface area contributed by atoms with Gasteiger partial charge in [-0.2, -0.15) is 0 Å². The molecule has 1 aromatic carbocycles. The van der Waals surface area contributed by atoms with Crippen LogP contribution in [0.25, 0.3) is 0 Å². The molecule has 0 aromatic heterocycles. The molecule has 0 aliphatic carbocycles. The highest BCUT2D eigenvalue weighted by Crippen LogP contribution is 2.26. The van der Waals surface area contributed by atoms with Gasteiger partial charge in [0.15, 0.2) is 0 Å². The summed E-state index contributed by atoms with van der Waals surface area (Å²) in [6.07, 6.45) is 0.954. The third-order valence-corrected chi connectivity index (χ3v) is 5.61. The molecule has 21 heavy (non-hydrogen) atoms. The highest BCUT2D eigenvalue weighted by atomic mass is 35.5. The molecule has 1 aliphatic heterocycles. The van der Waals surface area contributed by atoms with Crippen LogP contribution >= 0.6 is 11.6 Å². The highest BCUT2D eigenvalue weighted by molar-refractivity contribution is 7.89. The average Bonchev–Trinajstić information content (AvgIpc) is 2.88. The first kappa shape index (κ1) is 16.5. The molecule has 1 fully saturated rings.